The van der Waals surface area contributed by atoms with E-state index >= 15 is 0 Å². The van der Waals surface area contributed by atoms with Crippen molar-refractivity contribution in [1.82, 2.24) is 9.38 Å². The molecule has 322 valence electrons. The number of imidazole rings is 1. The Balaban J connectivity index is 0.845. The highest BCUT2D eigenvalue weighted by Crippen LogP contribution is 2.50. The molecule has 0 saturated carbocycles. The van der Waals surface area contributed by atoms with Gasteiger partial charge in [0.25, 0.3) is 0 Å². The van der Waals surface area contributed by atoms with Crippen LogP contribution < -0.4 is 0 Å². The van der Waals surface area contributed by atoms with Crippen molar-refractivity contribution in [2.45, 2.75) is 19.3 Å². The van der Waals surface area contributed by atoms with Gasteiger partial charge in [0.05, 0.1) is 21.4 Å². The van der Waals surface area contributed by atoms with Gasteiger partial charge in [0.1, 0.15) is 0 Å². The smallest absolute Gasteiger partial charge is 0.156 e. The SMILES string of the molecule is CC1(C)c2ccccc2-c2cc(-c3ccc(-c4ccc(-c5ccc(-c6cc7c(sc8ccc9ccccc9c87)c7nc8c9ccc%10ccccc%10c9ccc8n67)cc5)c5ccccc45)cc3)ccc21. The fourth-order valence-electron chi connectivity index (χ4n) is 12.0. The number of hydrogen-bond donors (Lipinski definition) is 0. The fraction of sp³-hybridized carbons (Fsp3) is 0.0455. The van der Waals surface area contributed by atoms with Crippen molar-refractivity contribution in [3.05, 3.63) is 230 Å². The van der Waals surface area contributed by atoms with Crippen molar-refractivity contribution in [2.75, 3.05) is 0 Å². The maximum absolute atomic E-state index is 5.59. The maximum Gasteiger partial charge on any atom is 0.156 e. The van der Waals surface area contributed by atoms with Crippen molar-refractivity contribution in [3.8, 4) is 55.8 Å². The number of thiophene rings is 1. The zero-order valence-corrected chi connectivity index (χ0v) is 38.9. The monoisotopic (exact) mass is 894 g/mol. The molecule has 1 aliphatic rings. The van der Waals surface area contributed by atoms with Crippen molar-refractivity contribution < 1.29 is 0 Å². The van der Waals surface area contributed by atoms with Crippen LogP contribution in [-0.2, 0) is 5.41 Å². The molecule has 0 unspecified atom stereocenters. The molecule has 0 aliphatic heterocycles. The van der Waals surface area contributed by atoms with E-state index in [1.807, 2.05) is 11.3 Å². The molecular weight excluding hydrogens is 853 g/mol. The van der Waals surface area contributed by atoms with Crippen LogP contribution in [0.3, 0.4) is 0 Å². The average Bonchev–Trinajstić information content (AvgIpc) is 4.06. The van der Waals surface area contributed by atoms with Gasteiger partial charge in [-0.15, -0.1) is 11.3 Å². The first-order valence-corrected chi connectivity index (χ1v) is 24.8. The van der Waals surface area contributed by atoms with Crippen LogP contribution >= 0.6 is 11.3 Å². The minimum atomic E-state index is 0.00361. The highest BCUT2D eigenvalue weighted by molar-refractivity contribution is 7.26. The molecule has 0 atom stereocenters. The van der Waals surface area contributed by atoms with Crippen molar-refractivity contribution >= 4 is 91.3 Å². The molecule has 11 aromatic carbocycles. The van der Waals surface area contributed by atoms with Crippen LogP contribution in [0, 0.1) is 0 Å². The summed E-state index contributed by atoms with van der Waals surface area (Å²) in [7, 11) is 0. The third-order valence-electron chi connectivity index (χ3n) is 15.4. The van der Waals surface area contributed by atoms with Crippen LogP contribution in [0.1, 0.15) is 25.0 Å². The first-order chi connectivity index (χ1) is 34.0. The van der Waals surface area contributed by atoms with Crippen molar-refractivity contribution in [2.24, 2.45) is 0 Å². The third-order valence-corrected chi connectivity index (χ3v) is 16.6. The molecule has 0 radical (unpaired) electrons. The molecule has 15 rings (SSSR count). The van der Waals surface area contributed by atoms with Crippen LogP contribution in [0.2, 0.25) is 0 Å². The Morgan fingerprint density at radius 1 is 0.391 bits per heavy atom. The van der Waals surface area contributed by atoms with E-state index in [-0.39, 0.29) is 5.41 Å². The molecule has 69 heavy (non-hydrogen) atoms. The molecule has 0 amide bonds. The lowest BCUT2D eigenvalue weighted by Gasteiger charge is -2.21. The summed E-state index contributed by atoms with van der Waals surface area (Å²) in [5.74, 6) is 0. The minimum absolute atomic E-state index is 0.00361. The molecule has 0 fully saturated rings. The molecular formula is C66H42N2S. The van der Waals surface area contributed by atoms with E-state index in [0.717, 1.165) is 27.9 Å². The number of benzene rings is 11. The summed E-state index contributed by atoms with van der Waals surface area (Å²) >= 11 is 1.85. The van der Waals surface area contributed by atoms with E-state index in [1.165, 1.54) is 119 Å². The molecule has 0 bridgehead atoms. The van der Waals surface area contributed by atoms with Gasteiger partial charge in [-0.1, -0.05) is 208 Å². The van der Waals surface area contributed by atoms with E-state index in [9.17, 15) is 0 Å². The van der Waals surface area contributed by atoms with Gasteiger partial charge in [-0.25, -0.2) is 4.98 Å². The van der Waals surface area contributed by atoms with Gasteiger partial charge >= 0.3 is 0 Å². The van der Waals surface area contributed by atoms with E-state index in [2.05, 4.69) is 237 Å². The van der Waals surface area contributed by atoms with Gasteiger partial charge in [0.2, 0.25) is 0 Å². The number of nitrogens with zero attached hydrogens (tertiary/aromatic N) is 2. The first-order valence-electron chi connectivity index (χ1n) is 23.9. The molecule has 3 heteroatoms. The summed E-state index contributed by atoms with van der Waals surface area (Å²) in [6, 6.07) is 81.3. The number of rotatable bonds is 4. The Morgan fingerprint density at radius 3 is 1.72 bits per heavy atom. The molecule has 3 aromatic heterocycles. The Kier molecular flexibility index (Phi) is 8.03. The maximum atomic E-state index is 5.59. The average molecular weight is 895 g/mol. The number of hydrogen-bond acceptors (Lipinski definition) is 2. The lowest BCUT2D eigenvalue weighted by atomic mass is 9.82. The zero-order valence-electron chi connectivity index (χ0n) is 38.1. The number of aromatic nitrogens is 2. The van der Waals surface area contributed by atoms with Crippen LogP contribution in [0.25, 0.3) is 136 Å². The summed E-state index contributed by atoms with van der Waals surface area (Å²) in [6.07, 6.45) is 0. The second kappa shape index (κ2) is 14.3. The van der Waals surface area contributed by atoms with E-state index < -0.39 is 0 Å². The van der Waals surface area contributed by atoms with Crippen LogP contribution in [0.4, 0.5) is 0 Å². The van der Waals surface area contributed by atoms with Crippen LogP contribution in [0.15, 0.2) is 218 Å². The second-order valence-electron chi connectivity index (χ2n) is 19.4. The third kappa shape index (κ3) is 5.57. The van der Waals surface area contributed by atoms with Crippen LogP contribution in [-0.4, -0.2) is 9.38 Å². The highest BCUT2D eigenvalue weighted by atomic mass is 32.1. The van der Waals surface area contributed by atoms with E-state index in [0.29, 0.717) is 0 Å². The quantitative estimate of drug-likeness (QED) is 0.161. The molecule has 0 spiro atoms. The number of fused-ring (bicyclic) bond motifs is 17. The lowest BCUT2D eigenvalue weighted by molar-refractivity contribution is 0.660. The topological polar surface area (TPSA) is 17.3 Å². The largest absolute Gasteiger partial charge is 0.291 e. The molecule has 0 N–H and O–H groups in total. The Bertz CT molecular complexity index is 4490. The normalized spacial score (nSPS) is 13.2. The summed E-state index contributed by atoms with van der Waals surface area (Å²) in [5, 5.41) is 12.5. The predicted octanol–water partition coefficient (Wildman–Crippen LogP) is 18.4. The highest BCUT2D eigenvalue weighted by Gasteiger charge is 2.35. The lowest BCUT2D eigenvalue weighted by Crippen LogP contribution is -2.14. The summed E-state index contributed by atoms with van der Waals surface area (Å²) in [4.78, 5) is 5.59. The van der Waals surface area contributed by atoms with E-state index in [1.54, 1.807) is 0 Å². The molecule has 0 saturated heterocycles. The molecule has 1 aliphatic carbocycles. The summed E-state index contributed by atoms with van der Waals surface area (Å²) < 4.78 is 4.91. The van der Waals surface area contributed by atoms with Crippen molar-refractivity contribution in [3.63, 3.8) is 0 Å². The van der Waals surface area contributed by atoms with Crippen LogP contribution in [0.5, 0.6) is 0 Å². The van der Waals surface area contributed by atoms with Crippen molar-refractivity contribution in [1.29, 1.82) is 0 Å². The van der Waals surface area contributed by atoms with Gasteiger partial charge in [-0.05, 0) is 123 Å². The standard InChI is InChI=1S/C66H42N2S/c1-66(2)57-18-10-9-17-53(57)55-37-45(28-34-58(55)66)39-19-21-42(22-20-39)47-31-32-48(51-16-8-7-15-50(47)51)43-23-25-44(26-24-43)60-38-56-62-49-14-6-4-12-41(49)29-36-61(62)69-64(56)65-67-63-54-30-27-40-11-3-5-13-46(40)52(54)33-35-59(63)68(60)65/h3-38H,1-2H3. The van der Waals surface area contributed by atoms with Gasteiger partial charge in [-0.2, -0.15) is 0 Å². The molecule has 3 heterocycles. The Hall–Kier alpha value is -8.37. The van der Waals surface area contributed by atoms with Gasteiger partial charge in [-0.3, -0.25) is 4.40 Å². The molecule has 14 aromatic rings. The van der Waals surface area contributed by atoms with Gasteiger partial charge in [0, 0.05) is 26.3 Å². The minimum Gasteiger partial charge on any atom is -0.291 e. The molecule has 2 nitrogen and oxygen atoms in total. The fourth-order valence-corrected chi connectivity index (χ4v) is 13.2. The Labute approximate surface area is 403 Å². The van der Waals surface area contributed by atoms with Gasteiger partial charge < -0.3 is 0 Å². The van der Waals surface area contributed by atoms with E-state index in [4.69, 9.17) is 4.98 Å². The first kappa shape index (κ1) is 38.7. The van der Waals surface area contributed by atoms with Gasteiger partial charge in [0.15, 0.2) is 5.65 Å². The summed E-state index contributed by atoms with van der Waals surface area (Å²) in [6.45, 7) is 4.68. The zero-order chi connectivity index (χ0) is 45.5. The summed E-state index contributed by atoms with van der Waals surface area (Å²) in [5.41, 5.74) is 18.3. The second-order valence-corrected chi connectivity index (χ2v) is 20.5. The number of pyridine rings is 1. The predicted molar refractivity (Wildman–Crippen MR) is 295 cm³/mol. The Morgan fingerprint density at radius 2 is 0.971 bits per heavy atom.